The Hall–Kier alpha value is -1.06. The van der Waals surface area contributed by atoms with E-state index < -0.39 is 0 Å². The Morgan fingerprint density at radius 3 is 2.94 bits per heavy atom. The topological polar surface area (TPSA) is 46.3 Å². The molecule has 18 heavy (non-hydrogen) atoms. The highest BCUT2D eigenvalue weighted by atomic mass is 35.5. The van der Waals surface area contributed by atoms with Crippen molar-refractivity contribution >= 4 is 17.5 Å². The smallest absolute Gasteiger partial charge is 0.222 e. The van der Waals surface area contributed by atoms with Crippen LogP contribution in [0.5, 0.6) is 0 Å². The second-order valence-electron chi connectivity index (χ2n) is 4.83. The van der Waals surface area contributed by atoms with Crippen molar-refractivity contribution in [2.75, 3.05) is 13.1 Å². The number of nitrogens with two attached hydrogens (primary N) is 1. The number of hydrogen-bond acceptors (Lipinski definition) is 2. The third-order valence-electron chi connectivity index (χ3n) is 3.38. The average molecular weight is 267 g/mol. The van der Waals surface area contributed by atoms with Gasteiger partial charge in [0.05, 0.1) is 0 Å². The van der Waals surface area contributed by atoms with Crippen molar-refractivity contribution in [3.05, 3.63) is 34.9 Å². The first kappa shape index (κ1) is 13.4. The van der Waals surface area contributed by atoms with E-state index in [2.05, 4.69) is 0 Å². The van der Waals surface area contributed by atoms with E-state index in [0.29, 0.717) is 19.4 Å². The molecule has 0 radical (unpaired) electrons. The zero-order valence-corrected chi connectivity index (χ0v) is 11.2. The van der Waals surface area contributed by atoms with Crippen molar-refractivity contribution in [1.82, 2.24) is 4.90 Å². The summed E-state index contributed by atoms with van der Waals surface area (Å²) in [7, 11) is 0. The molecule has 98 valence electrons. The molecule has 3 nitrogen and oxygen atoms in total. The summed E-state index contributed by atoms with van der Waals surface area (Å²) in [6, 6.07) is 7.82. The molecule has 1 amide bonds. The second-order valence-corrected chi connectivity index (χ2v) is 5.24. The molecule has 1 heterocycles. The molecule has 1 aliphatic rings. The number of piperidine rings is 1. The van der Waals surface area contributed by atoms with E-state index in [1.54, 1.807) is 0 Å². The van der Waals surface area contributed by atoms with Gasteiger partial charge in [0.1, 0.15) is 0 Å². The van der Waals surface area contributed by atoms with Crippen molar-refractivity contribution in [1.29, 1.82) is 0 Å². The monoisotopic (exact) mass is 266 g/mol. The van der Waals surface area contributed by atoms with Gasteiger partial charge in [-0.15, -0.1) is 0 Å². The summed E-state index contributed by atoms with van der Waals surface area (Å²) in [5.74, 6) is 0.185. The molecule has 1 atom stereocenters. The van der Waals surface area contributed by atoms with Gasteiger partial charge in [-0.2, -0.15) is 0 Å². The number of nitrogens with zero attached hydrogens (tertiary/aromatic N) is 1. The fourth-order valence-electron chi connectivity index (χ4n) is 2.34. The Balaban J connectivity index is 1.86. The lowest BCUT2D eigenvalue weighted by atomic mass is 10.0. The second kappa shape index (κ2) is 6.21. The molecule has 1 aromatic carbocycles. The zero-order valence-electron chi connectivity index (χ0n) is 10.4. The quantitative estimate of drug-likeness (QED) is 0.912. The molecule has 4 heteroatoms. The highest BCUT2D eigenvalue weighted by molar-refractivity contribution is 6.31. The molecule has 1 saturated heterocycles. The van der Waals surface area contributed by atoms with Crippen molar-refractivity contribution in [2.24, 2.45) is 5.73 Å². The van der Waals surface area contributed by atoms with Gasteiger partial charge >= 0.3 is 0 Å². The van der Waals surface area contributed by atoms with Gasteiger partial charge in [-0.3, -0.25) is 4.79 Å². The van der Waals surface area contributed by atoms with E-state index in [1.165, 1.54) is 0 Å². The Labute approximate surface area is 113 Å². The van der Waals surface area contributed by atoms with Crippen LogP contribution in [0.4, 0.5) is 0 Å². The number of benzene rings is 1. The number of hydrogen-bond donors (Lipinski definition) is 1. The molecule has 2 N–H and O–H groups in total. The zero-order chi connectivity index (χ0) is 13.0. The van der Waals surface area contributed by atoms with Crippen molar-refractivity contribution in [3.63, 3.8) is 0 Å². The predicted octanol–water partition coefficient (Wildman–Crippen LogP) is 2.22. The van der Waals surface area contributed by atoms with Crippen LogP contribution in [0.1, 0.15) is 24.8 Å². The molecule has 0 aromatic heterocycles. The van der Waals surface area contributed by atoms with Crippen LogP contribution in [-0.4, -0.2) is 29.9 Å². The summed E-state index contributed by atoms with van der Waals surface area (Å²) in [6.45, 7) is 1.54. The van der Waals surface area contributed by atoms with Crippen LogP contribution in [-0.2, 0) is 11.2 Å². The number of rotatable bonds is 3. The Kier molecular flexibility index (Phi) is 4.61. The van der Waals surface area contributed by atoms with Crippen LogP contribution >= 0.6 is 11.6 Å². The van der Waals surface area contributed by atoms with Crippen LogP contribution in [0.3, 0.4) is 0 Å². The minimum absolute atomic E-state index is 0.142. The van der Waals surface area contributed by atoms with Gasteiger partial charge in [-0.05, 0) is 30.9 Å². The largest absolute Gasteiger partial charge is 0.341 e. The molecule has 2 rings (SSSR count). The molecule has 0 bridgehead atoms. The van der Waals surface area contributed by atoms with Gasteiger partial charge in [0.15, 0.2) is 0 Å². The van der Waals surface area contributed by atoms with Crippen LogP contribution in [0, 0.1) is 0 Å². The van der Waals surface area contributed by atoms with Crippen molar-refractivity contribution in [3.8, 4) is 0 Å². The van der Waals surface area contributed by atoms with Gasteiger partial charge in [-0.1, -0.05) is 29.8 Å². The number of carbonyl (C=O) groups excluding carboxylic acids is 1. The third-order valence-corrected chi connectivity index (χ3v) is 3.75. The number of aryl methyl sites for hydroxylation is 1. The lowest BCUT2D eigenvalue weighted by molar-refractivity contribution is -0.132. The van der Waals surface area contributed by atoms with Crippen molar-refractivity contribution < 1.29 is 4.79 Å². The molecule has 1 aliphatic heterocycles. The molecule has 0 aliphatic carbocycles. The maximum atomic E-state index is 12.1. The Bertz CT molecular complexity index is 422. The molecule has 1 fully saturated rings. The van der Waals surface area contributed by atoms with Gasteiger partial charge in [0.25, 0.3) is 0 Å². The maximum Gasteiger partial charge on any atom is 0.222 e. The standard InChI is InChI=1S/C14H19ClN2O/c15-13-6-2-1-4-11(13)7-8-14(18)17-9-3-5-12(16)10-17/h1-2,4,6,12H,3,5,7-10,16H2. The fraction of sp³-hybridized carbons (Fsp3) is 0.500. The molecule has 0 spiro atoms. The average Bonchev–Trinajstić information content (AvgIpc) is 2.37. The SMILES string of the molecule is NC1CCCN(C(=O)CCc2ccccc2Cl)C1. The predicted molar refractivity (Wildman–Crippen MR) is 73.6 cm³/mol. The van der Waals surface area contributed by atoms with E-state index in [0.717, 1.165) is 30.0 Å². The van der Waals surface area contributed by atoms with Gasteiger partial charge < -0.3 is 10.6 Å². The van der Waals surface area contributed by atoms with E-state index >= 15 is 0 Å². The van der Waals surface area contributed by atoms with Crippen LogP contribution in [0.25, 0.3) is 0 Å². The van der Waals surface area contributed by atoms with Crippen molar-refractivity contribution in [2.45, 2.75) is 31.7 Å². The van der Waals surface area contributed by atoms with E-state index in [9.17, 15) is 4.79 Å². The summed E-state index contributed by atoms with van der Waals surface area (Å²) in [5, 5.41) is 0.737. The number of halogens is 1. The summed E-state index contributed by atoms with van der Waals surface area (Å²) < 4.78 is 0. The van der Waals surface area contributed by atoms with E-state index in [4.69, 9.17) is 17.3 Å². The van der Waals surface area contributed by atoms with Gasteiger partial charge in [-0.25, -0.2) is 0 Å². The number of carbonyl (C=O) groups is 1. The van der Waals surface area contributed by atoms with Crippen LogP contribution in [0.15, 0.2) is 24.3 Å². The first-order valence-corrected chi connectivity index (χ1v) is 6.81. The maximum absolute atomic E-state index is 12.1. The minimum Gasteiger partial charge on any atom is -0.341 e. The van der Waals surface area contributed by atoms with Crippen LogP contribution in [0.2, 0.25) is 5.02 Å². The first-order valence-electron chi connectivity index (χ1n) is 6.43. The Morgan fingerprint density at radius 1 is 1.44 bits per heavy atom. The summed E-state index contributed by atoms with van der Waals surface area (Å²) in [5.41, 5.74) is 6.92. The molecule has 0 saturated carbocycles. The lowest BCUT2D eigenvalue weighted by Crippen LogP contribution is -2.45. The lowest BCUT2D eigenvalue weighted by Gasteiger charge is -2.30. The highest BCUT2D eigenvalue weighted by Gasteiger charge is 2.20. The van der Waals surface area contributed by atoms with Gasteiger partial charge in [0, 0.05) is 30.6 Å². The van der Waals surface area contributed by atoms with E-state index in [-0.39, 0.29) is 11.9 Å². The summed E-state index contributed by atoms with van der Waals surface area (Å²) >= 11 is 6.07. The Morgan fingerprint density at radius 2 is 2.22 bits per heavy atom. The third kappa shape index (κ3) is 3.47. The molecule has 1 unspecified atom stereocenters. The highest BCUT2D eigenvalue weighted by Crippen LogP contribution is 2.17. The van der Waals surface area contributed by atoms with Gasteiger partial charge in [0.2, 0.25) is 5.91 Å². The molecular weight excluding hydrogens is 248 g/mol. The van der Waals surface area contributed by atoms with E-state index in [1.807, 2.05) is 29.2 Å². The summed E-state index contributed by atoms with van der Waals surface area (Å²) in [6.07, 6.45) is 3.24. The number of likely N-dealkylation sites (tertiary alicyclic amines) is 1. The minimum atomic E-state index is 0.142. The van der Waals surface area contributed by atoms with Crippen LogP contribution < -0.4 is 5.73 Å². The first-order chi connectivity index (χ1) is 8.66. The summed E-state index contributed by atoms with van der Waals surface area (Å²) in [4.78, 5) is 13.9. The fourth-order valence-corrected chi connectivity index (χ4v) is 2.57. The molecule has 1 aromatic rings. The molecular formula is C14H19ClN2O. The normalized spacial score (nSPS) is 19.9. The number of amides is 1.